The molecule has 0 spiro atoms. The molecule has 0 unspecified atom stereocenters. The van der Waals surface area contributed by atoms with E-state index in [9.17, 15) is 12.8 Å². The summed E-state index contributed by atoms with van der Waals surface area (Å²) in [5, 5.41) is -0.565. The number of aryl methyl sites for hydroxylation is 1. The lowest BCUT2D eigenvalue weighted by atomic mass is 10.1. The van der Waals surface area contributed by atoms with E-state index in [1.807, 2.05) is 31.2 Å². The second-order valence-electron chi connectivity index (χ2n) is 4.36. The number of hydrogen-bond donors (Lipinski definition) is 1. The Bertz CT molecular complexity index is 702. The van der Waals surface area contributed by atoms with Gasteiger partial charge in [-0.15, -0.1) is 0 Å². The lowest BCUT2D eigenvalue weighted by molar-refractivity contribution is 0.545. The Hall–Kier alpha value is -1.79. The Labute approximate surface area is 117 Å². The number of hydrogen-bond acceptors (Lipinski definition) is 3. The van der Waals surface area contributed by atoms with E-state index in [-0.39, 0.29) is 6.54 Å². The van der Waals surface area contributed by atoms with E-state index in [0.29, 0.717) is 6.42 Å². The molecule has 1 aromatic heterocycles. The van der Waals surface area contributed by atoms with Crippen molar-refractivity contribution in [3.8, 4) is 0 Å². The average molecular weight is 294 g/mol. The van der Waals surface area contributed by atoms with Gasteiger partial charge < -0.3 is 0 Å². The van der Waals surface area contributed by atoms with Crippen LogP contribution in [0.5, 0.6) is 0 Å². The van der Waals surface area contributed by atoms with Gasteiger partial charge >= 0.3 is 0 Å². The first-order valence-electron chi connectivity index (χ1n) is 6.15. The molecule has 106 valence electrons. The Morgan fingerprint density at radius 3 is 2.65 bits per heavy atom. The van der Waals surface area contributed by atoms with Crippen molar-refractivity contribution in [1.82, 2.24) is 9.71 Å². The fraction of sp³-hybridized carbons (Fsp3) is 0.214. The molecule has 6 heteroatoms. The minimum Gasteiger partial charge on any atom is -0.241 e. The molecule has 0 atom stereocenters. The summed E-state index contributed by atoms with van der Waals surface area (Å²) < 4.78 is 39.6. The fourth-order valence-corrected chi connectivity index (χ4v) is 2.88. The van der Waals surface area contributed by atoms with E-state index in [4.69, 9.17) is 0 Å². The van der Waals surface area contributed by atoms with Crippen LogP contribution in [0, 0.1) is 12.7 Å². The molecule has 0 saturated carbocycles. The maximum Gasteiger partial charge on any atom is 0.261 e. The number of halogens is 1. The number of nitrogens with one attached hydrogen (secondary N) is 1. The van der Waals surface area contributed by atoms with Crippen LogP contribution in [-0.4, -0.2) is 19.9 Å². The molecule has 1 aromatic carbocycles. The molecular formula is C14H15FN2O2S. The summed E-state index contributed by atoms with van der Waals surface area (Å²) in [5.74, 6) is -0.851. The van der Waals surface area contributed by atoms with E-state index in [1.54, 1.807) is 0 Å². The SMILES string of the molecule is Cc1ccccc1CCNS(=O)(=O)c1ncccc1F. The first kappa shape index (κ1) is 14.6. The summed E-state index contributed by atoms with van der Waals surface area (Å²) in [7, 11) is -3.91. The van der Waals surface area contributed by atoms with Crippen molar-refractivity contribution in [2.24, 2.45) is 0 Å². The van der Waals surface area contributed by atoms with Gasteiger partial charge in [0.25, 0.3) is 10.0 Å². The van der Waals surface area contributed by atoms with E-state index < -0.39 is 20.9 Å². The summed E-state index contributed by atoms with van der Waals surface area (Å²) in [4.78, 5) is 3.57. The predicted molar refractivity (Wildman–Crippen MR) is 74.3 cm³/mol. The number of rotatable bonds is 5. The molecule has 1 heterocycles. The van der Waals surface area contributed by atoms with E-state index in [2.05, 4.69) is 9.71 Å². The van der Waals surface area contributed by atoms with Crippen molar-refractivity contribution in [2.75, 3.05) is 6.54 Å². The minimum atomic E-state index is -3.91. The van der Waals surface area contributed by atoms with Crippen LogP contribution >= 0.6 is 0 Å². The first-order valence-corrected chi connectivity index (χ1v) is 7.64. The lowest BCUT2D eigenvalue weighted by Gasteiger charge is -2.08. The normalized spacial score (nSPS) is 11.5. The van der Waals surface area contributed by atoms with Crippen LogP contribution in [0.1, 0.15) is 11.1 Å². The highest BCUT2D eigenvalue weighted by Gasteiger charge is 2.19. The summed E-state index contributed by atoms with van der Waals surface area (Å²) >= 11 is 0. The zero-order valence-electron chi connectivity index (χ0n) is 11.0. The van der Waals surface area contributed by atoms with E-state index in [1.165, 1.54) is 12.3 Å². The standard InChI is InChI=1S/C14H15FN2O2S/c1-11-5-2-3-6-12(11)8-10-17-20(18,19)14-13(15)7-4-9-16-14/h2-7,9,17H,8,10H2,1H3. The topological polar surface area (TPSA) is 59.1 Å². The van der Waals surface area contributed by atoms with Gasteiger partial charge in [0.05, 0.1) is 0 Å². The quantitative estimate of drug-likeness (QED) is 0.918. The summed E-state index contributed by atoms with van der Waals surface area (Å²) in [5.41, 5.74) is 2.15. The average Bonchev–Trinajstić information content (AvgIpc) is 2.41. The van der Waals surface area contributed by atoms with Crippen LogP contribution in [-0.2, 0) is 16.4 Å². The van der Waals surface area contributed by atoms with Crippen LogP contribution in [0.2, 0.25) is 0 Å². The van der Waals surface area contributed by atoms with Gasteiger partial charge in [-0.1, -0.05) is 24.3 Å². The minimum absolute atomic E-state index is 0.198. The molecule has 1 N–H and O–H groups in total. The molecule has 0 amide bonds. The third kappa shape index (κ3) is 3.40. The number of aromatic nitrogens is 1. The third-order valence-electron chi connectivity index (χ3n) is 2.93. The van der Waals surface area contributed by atoms with Crippen molar-refractivity contribution in [1.29, 1.82) is 0 Å². The Morgan fingerprint density at radius 1 is 1.20 bits per heavy atom. The molecule has 0 saturated heterocycles. The Kier molecular flexibility index (Phi) is 4.46. The van der Waals surface area contributed by atoms with Gasteiger partial charge in [-0.2, -0.15) is 0 Å². The van der Waals surface area contributed by atoms with Crippen LogP contribution < -0.4 is 4.72 Å². The molecule has 20 heavy (non-hydrogen) atoms. The summed E-state index contributed by atoms with van der Waals surface area (Å²) in [6, 6.07) is 10.1. The van der Waals surface area contributed by atoms with Crippen LogP contribution in [0.15, 0.2) is 47.6 Å². The van der Waals surface area contributed by atoms with Gasteiger partial charge in [0, 0.05) is 12.7 Å². The number of sulfonamides is 1. The molecule has 0 aliphatic heterocycles. The van der Waals surface area contributed by atoms with Gasteiger partial charge in [0.1, 0.15) is 0 Å². The van der Waals surface area contributed by atoms with Crippen molar-refractivity contribution in [3.63, 3.8) is 0 Å². The van der Waals surface area contributed by atoms with Crippen molar-refractivity contribution >= 4 is 10.0 Å². The van der Waals surface area contributed by atoms with E-state index in [0.717, 1.165) is 17.2 Å². The first-order chi connectivity index (χ1) is 9.50. The van der Waals surface area contributed by atoms with Gasteiger partial charge in [0.2, 0.25) is 5.03 Å². The second-order valence-corrected chi connectivity index (χ2v) is 6.05. The number of nitrogens with zero attached hydrogens (tertiary/aromatic N) is 1. The van der Waals surface area contributed by atoms with Crippen LogP contribution in [0.3, 0.4) is 0 Å². The fourth-order valence-electron chi connectivity index (χ4n) is 1.85. The monoisotopic (exact) mass is 294 g/mol. The summed E-state index contributed by atoms with van der Waals surface area (Å²) in [6.45, 7) is 2.16. The largest absolute Gasteiger partial charge is 0.261 e. The highest BCUT2D eigenvalue weighted by molar-refractivity contribution is 7.89. The maximum atomic E-state index is 13.4. The van der Waals surface area contributed by atoms with Gasteiger partial charge in [-0.3, -0.25) is 0 Å². The summed E-state index contributed by atoms with van der Waals surface area (Å²) in [6.07, 6.45) is 1.79. The zero-order valence-corrected chi connectivity index (χ0v) is 11.8. The molecule has 2 aromatic rings. The highest BCUT2D eigenvalue weighted by atomic mass is 32.2. The smallest absolute Gasteiger partial charge is 0.241 e. The molecule has 4 nitrogen and oxygen atoms in total. The number of pyridine rings is 1. The van der Waals surface area contributed by atoms with Crippen LogP contribution in [0.4, 0.5) is 4.39 Å². The van der Waals surface area contributed by atoms with E-state index >= 15 is 0 Å². The Morgan fingerprint density at radius 2 is 1.95 bits per heavy atom. The lowest BCUT2D eigenvalue weighted by Crippen LogP contribution is -2.27. The molecule has 0 fully saturated rings. The molecule has 0 bridgehead atoms. The Balaban J connectivity index is 2.04. The molecule has 0 radical (unpaired) electrons. The van der Waals surface area contributed by atoms with Crippen molar-refractivity contribution < 1.29 is 12.8 Å². The number of benzene rings is 1. The second kappa shape index (κ2) is 6.11. The molecule has 2 rings (SSSR count). The molecule has 0 aliphatic carbocycles. The predicted octanol–water partition coefficient (Wildman–Crippen LogP) is 2.05. The van der Waals surface area contributed by atoms with Gasteiger partial charge in [-0.25, -0.2) is 22.5 Å². The maximum absolute atomic E-state index is 13.4. The molecule has 0 aliphatic rings. The third-order valence-corrected chi connectivity index (χ3v) is 4.32. The van der Waals surface area contributed by atoms with Crippen LogP contribution in [0.25, 0.3) is 0 Å². The van der Waals surface area contributed by atoms with Gasteiger partial charge in [0.15, 0.2) is 5.82 Å². The van der Waals surface area contributed by atoms with Crippen molar-refractivity contribution in [3.05, 3.63) is 59.5 Å². The highest BCUT2D eigenvalue weighted by Crippen LogP contribution is 2.11. The molecular weight excluding hydrogens is 279 g/mol. The van der Waals surface area contributed by atoms with Gasteiger partial charge in [-0.05, 0) is 36.6 Å². The van der Waals surface area contributed by atoms with Crippen molar-refractivity contribution in [2.45, 2.75) is 18.4 Å². The zero-order chi connectivity index (χ0) is 14.6.